The van der Waals surface area contributed by atoms with Gasteiger partial charge in [-0.2, -0.15) is 11.8 Å². The lowest BCUT2D eigenvalue weighted by atomic mass is 10.2. The van der Waals surface area contributed by atoms with Crippen LogP contribution in [-0.2, 0) is 11.2 Å². The van der Waals surface area contributed by atoms with Crippen LogP contribution in [0.1, 0.15) is 34.4 Å². The Labute approximate surface area is 92.1 Å². The number of rotatable bonds is 3. The van der Waals surface area contributed by atoms with Crippen molar-refractivity contribution in [3.63, 3.8) is 0 Å². The number of aromatic nitrogens is 1. The van der Waals surface area contributed by atoms with Gasteiger partial charge in [-0.15, -0.1) is 11.3 Å². The first kappa shape index (κ1) is 10.2. The van der Waals surface area contributed by atoms with Crippen LogP contribution in [0.2, 0.25) is 0 Å². The van der Waals surface area contributed by atoms with Crippen molar-refractivity contribution in [2.24, 2.45) is 0 Å². The molecule has 0 bridgehead atoms. The van der Waals surface area contributed by atoms with Gasteiger partial charge in [0.05, 0.1) is 5.25 Å². The maximum absolute atomic E-state index is 10.3. The minimum absolute atomic E-state index is 0.523. The molecule has 0 saturated carbocycles. The molecule has 14 heavy (non-hydrogen) atoms. The van der Waals surface area contributed by atoms with E-state index >= 15 is 0 Å². The lowest BCUT2D eigenvalue weighted by Crippen LogP contribution is -2.01. The van der Waals surface area contributed by atoms with E-state index in [-0.39, 0.29) is 0 Å². The van der Waals surface area contributed by atoms with E-state index < -0.39 is 0 Å². The van der Waals surface area contributed by atoms with Crippen molar-refractivity contribution in [1.82, 2.24) is 4.98 Å². The average Bonchev–Trinajstić information content (AvgIpc) is 2.68. The van der Waals surface area contributed by atoms with E-state index in [9.17, 15) is 4.79 Å². The van der Waals surface area contributed by atoms with Gasteiger partial charge in [-0.25, -0.2) is 4.98 Å². The van der Waals surface area contributed by atoms with Gasteiger partial charge in [0.25, 0.3) is 0 Å². The van der Waals surface area contributed by atoms with E-state index in [1.54, 1.807) is 11.3 Å². The molecule has 1 saturated heterocycles. The summed E-state index contributed by atoms with van der Waals surface area (Å²) in [5.41, 5.74) is 0. The van der Waals surface area contributed by atoms with Crippen LogP contribution in [-0.4, -0.2) is 17.0 Å². The second-order valence-corrected chi connectivity index (χ2v) is 5.85. The summed E-state index contributed by atoms with van der Waals surface area (Å²) in [5, 5.41) is 1.81. The summed E-state index contributed by atoms with van der Waals surface area (Å²) in [6.07, 6.45) is 7.23. The Balaban J connectivity index is 2.03. The number of thiazole rings is 1. The molecule has 0 aromatic carbocycles. The van der Waals surface area contributed by atoms with Gasteiger partial charge < -0.3 is 4.79 Å². The van der Waals surface area contributed by atoms with Crippen LogP contribution in [0.15, 0.2) is 6.20 Å². The maximum atomic E-state index is 10.3. The highest BCUT2D eigenvalue weighted by Gasteiger charge is 2.18. The molecule has 2 heterocycles. The smallest absolute Gasteiger partial charge is 0.125 e. The molecule has 0 N–H and O–H groups in total. The van der Waals surface area contributed by atoms with Crippen LogP contribution in [0.5, 0.6) is 0 Å². The molecule has 76 valence electrons. The summed E-state index contributed by atoms with van der Waals surface area (Å²) in [6, 6.07) is 0. The van der Waals surface area contributed by atoms with Crippen molar-refractivity contribution in [3.05, 3.63) is 16.1 Å². The largest absolute Gasteiger partial charge is 0.303 e. The van der Waals surface area contributed by atoms with Crippen molar-refractivity contribution in [2.45, 2.75) is 30.9 Å². The molecule has 2 nitrogen and oxygen atoms in total. The zero-order valence-electron chi connectivity index (χ0n) is 7.94. The first-order valence-electron chi connectivity index (χ1n) is 4.90. The van der Waals surface area contributed by atoms with Crippen molar-refractivity contribution >= 4 is 29.4 Å². The third kappa shape index (κ3) is 2.36. The van der Waals surface area contributed by atoms with Crippen LogP contribution in [0.4, 0.5) is 0 Å². The SMILES string of the molecule is O=CCc1cnc(C2CCCCS2)s1. The standard InChI is InChI=1S/C10H13NOS2/c12-5-4-8-7-11-10(14-8)9-3-1-2-6-13-9/h5,7,9H,1-4,6H2. The molecule has 1 aromatic heterocycles. The Bertz CT molecular complexity index is 305. The predicted molar refractivity (Wildman–Crippen MR) is 60.9 cm³/mol. The minimum Gasteiger partial charge on any atom is -0.303 e. The van der Waals surface area contributed by atoms with E-state index in [0.29, 0.717) is 11.7 Å². The fourth-order valence-electron chi connectivity index (χ4n) is 1.58. The van der Waals surface area contributed by atoms with Crippen molar-refractivity contribution in [1.29, 1.82) is 0 Å². The van der Waals surface area contributed by atoms with Gasteiger partial charge in [0.1, 0.15) is 11.3 Å². The highest BCUT2D eigenvalue weighted by Crippen LogP contribution is 2.39. The number of aldehydes is 1. The maximum Gasteiger partial charge on any atom is 0.125 e. The Morgan fingerprint density at radius 3 is 3.21 bits per heavy atom. The van der Waals surface area contributed by atoms with Crippen molar-refractivity contribution in [3.8, 4) is 0 Å². The zero-order valence-corrected chi connectivity index (χ0v) is 9.57. The van der Waals surface area contributed by atoms with Crippen molar-refractivity contribution in [2.75, 3.05) is 5.75 Å². The summed E-state index contributed by atoms with van der Waals surface area (Å²) >= 11 is 3.71. The quantitative estimate of drug-likeness (QED) is 0.744. The molecule has 1 unspecified atom stereocenters. The highest BCUT2D eigenvalue weighted by atomic mass is 32.2. The summed E-state index contributed by atoms with van der Waals surface area (Å²) in [5.74, 6) is 1.26. The monoisotopic (exact) mass is 227 g/mol. The number of thioether (sulfide) groups is 1. The molecule has 0 radical (unpaired) electrons. The molecular formula is C10H13NOS2. The molecular weight excluding hydrogens is 214 g/mol. The van der Waals surface area contributed by atoms with Crippen LogP contribution >= 0.6 is 23.1 Å². The summed E-state index contributed by atoms with van der Waals surface area (Å²) in [6.45, 7) is 0. The molecule has 0 aliphatic carbocycles. The minimum atomic E-state index is 0.523. The van der Waals surface area contributed by atoms with E-state index in [1.165, 1.54) is 30.0 Å². The van der Waals surface area contributed by atoms with Gasteiger partial charge in [0.2, 0.25) is 0 Å². The second-order valence-electron chi connectivity index (χ2n) is 3.39. The number of carbonyl (C=O) groups excluding carboxylic acids is 1. The number of nitrogens with zero attached hydrogens (tertiary/aromatic N) is 1. The molecule has 0 amide bonds. The zero-order chi connectivity index (χ0) is 9.80. The molecule has 1 fully saturated rings. The summed E-state index contributed by atoms with van der Waals surface area (Å²) < 4.78 is 0. The molecule has 0 spiro atoms. The van der Waals surface area contributed by atoms with Gasteiger partial charge in [-0.3, -0.25) is 0 Å². The fourth-order valence-corrected chi connectivity index (χ4v) is 4.00. The van der Waals surface area contributed by atoms with E-state index in [0.717, 1.165) is 11.2 Å². The fraction of sp³-hybridized carbons (Fsp3) is 0.600. The lowest BCUT2D eigenvalue weighted by Gasteiger charge is -2.18. The molecule has 2 rings (SSSR count). The molecule has 1 aliphatic heterocycles. The molecule has 1 atom stereocenters. The molecule has 1 aliphatic rings. The Kier molecular flexibility index (Phi) is 3.59. The van der Waals surface area contributed by atoms with Gasteiger partial charge in [0.15, 0.2) is 0 Å². The Morgan fingerprint density at radius 1 is 1.57 bits per heavy atom. The topological polar surface area (TPSA) is 30.0 Å². The van der Waals surface area contributed by atoms with Crippen LogP contribution < -0.4 is 0 Å². The molecule has 1 aromatic rings. The van der Waals surface area contributed by atoms with E-state index in [2.05, 4.69) is 4.98 Å². The predicted octanol–water partition coefficient (Wildman–Crippen LogP) is 2.84. The third-order valence-corrected chi connectivity index (χ3v) is 4.98. The highest BCUT2D eigenvalue weighted by molar-refractivity contribution is 7.99. The van der Waals surface area contributed by atoms with Gasteiger partial charge >= 0.3 is 0 Å². The first-order valence-corrected chi connectivity index (χ1v) is 6.76. The molecule has 4 heteroatoms. The lowest BCUT2D eigenvalue weighted by molar-refractivity contribution is -0.107. The Morgan fingerprint density at radius 2 is 2.50 bits per heavy atom. The first-order chi connectivity index (χ1) is 6.90. The number of hydrogen-bond acceptors (Lipinski definition) is 4. The number of carbonyl (C=O) groups is 1. The van der Waals surface area contributed by atoms with Crippen LogP contribution in [0.3, 0.4) is 0 Å². The summed E-state index contributed by atoms with van der Waals surface area (Å²) in [4.78, 5) is 15.8. The van der Waals surface area contributed by atoms with Crippen molar-refractivity contribution < 1.29 is 4.79 Å². The van der Waals surface area contributed by atoms with Crippen LogP contribution in [0.25, 0.3) is 0 Å². The third-order valence-electron chi connectivity index (χ3n) is 2.31. The van der Waals surface area contributed by atoms with Gasteiger partial charge in [-0.05, 0) is 18.6 Å². The normalized spacial score (nSPS) is 22.1. The second kappa shape index (κ2) is 4.94. The van der Waals surface area contributed by atoms with E-state index in [4.69, 9.17) is 0 Å². The number of hydrogen-bond donors (Lipinski definition) is 0. The van der Waals surface area contributed by atoms with Gasteiger partial charge in [0, 0.05) is 17.5 Å². The van der Waals surface area contributed by atoms with Gasteiger partial charge in [-0.1, -0.05) is 6.42 Å². The van der Waals surface area contributed by atoms with E-state index in [1.807, 2.05) is 18.0 Å². The summed E-state index contributed by atoms with van der Waals surface area (Å²) in [7, 11) is 0. The van der Waals surface area contributed by atoms with Crippen LogP contribution in [0, 0.1) is 0 Å². The average molecular weight is 227 g/mol. The Hall–Kier alpha value is -0.350.